The highest BCUT2D eigenvalue weighted by molar-refractivity contribution is 7.17. The Morgan fingerprint density at radius 3 is 2.00 bits per heavy atom. The van der Waals surface area contributed by atoms with Crippen molar-refractivity contribution in [2.75, 3.05) is 26.2 Å². The minimum atomic E-state index is 0.0254. The average Bonchev–Trinajstić information content (AvgIpc) is 3.35. The molecule has 0 saturated carbocycles. The summed E-state index contributed by atoms with van der Waals surface area (Å²) < 4.78 is 0. The molecule has 2 aromatic carbocycles. The molecule has 170 valence electrons. The molecule has 0 unspecified atom stereocenters. The van der Waals surface area contributed by atoms with Crippen LogP contribution in [0.15, 0.2) is 60.7 Å². The number of carbonyl (C=O) groups excluding carboxylic acids is 2. The van der Waals surface area contributed by atoms with E-state index in [9.17, 15) is 9.59 Å². The summed E-state index contributed by atoms with van der Waals surface area (Å²) in [6.45, 7) is 3.02. The van der Waals surface area contributed by atoms with Gasteiger partial charge in [-0.3, -0.25) is 9.59 Å². The third-order valence-electron chi connectivity index (χ3n) is 6.69. The first kappa shape index (κ1) is 21.8. The second kappa shape index (κ2) is 9.87. The van der Waals surface area contributed by atoms with Gasteiger partial charge in [0, 0.05) is 43.2 Å². The highest BCUT2D eigenvalue weighted by Crippen LogP contribution is 2.35. The first-order chi connectivity index (χ1) is 16.2. The van der Waals surface area contributed by atoms with Crippen LogP contribution in [0.25, 0.3) is 21.8 Å². The maximum Gasteiger partial charge on any atom is 0.266 e. The summed E-state index contributed by atoms with van der Waals surface area (Å²) in [5.74, 6) is 0.357. The Hall–Kier alpha value is -2.99. The second-order valence-corrected chi connectivity index (χ2v) is 9.88. The second-order valence-electron chi connectivity index (χ2n) is 8.88. The maximum atomic E-state index is 13.6. The number of amides is 2. The van der Waals surface area contributed by atoms with Gasteiger partial charge in [0.25, 0.3) is 5.91 Å². The first-order valence-corrected chi connectivity index (χ1v) is 12.7. The Labute approximate surface area is 199 Å². The van der Waals surface area contributed by atoms with Crippen LogP contribution in [0.1, 0.15) is 41.8 Å². The van der Waals surface area contributed by atoms with Gasteiger partial charge in [-0.1, -0.05) is 60.7 Å². The molecule has 2 aliphatic heterocycles. The van der Waals surface area contributed by atoms with Gasteiger partial charge >= 0.3 is 0 Å². The van der Waals surface area contributed by atoms with Crippen LogP contribution in [0, 0.1) is 5.92 Å². The zero-order valence-electron chi connectivity index (χ0n) is 18.8. The number of hydrogen-bond acceptors (Lipinski definition) is 4. The normalized spacial score (nSPS) is 17.2. The summed E-state index contributed by atoms with van der Waals surface area (Å²) in [5.41, 5.74) is 2.72. The first-order valence-electron chi connectivity index (χ1n) is 11.9. The van der Waals surface area contributed by atoms with Crippen molar-refractivity contribution in [3.05, 3.63) is 65.5 Å². The van der Waals surface area contributed by atoms with Gasteiger partial charge < -0.3 is 9.80 Å². The Morgan fingerprint density at radius 1 is 0.758 bits per heavy atom. The number of hydrogen-bond donors (Lipinski definition) is 0. The van der Waals surface area contributed by atoms with Crippen molar-refractivity contribution in [2.45, 2.75) is 32.1 Å². The molecular weight excluding hydrogens is 430 g/mol. The minimum absolute atomic E-state index is 0.0254. The van der Waals surface area contributed by atoms with E-state index < -0.39 is 0 Å². The van der Waals surface area contributed by atoms with Crippen molar-refractivity contribution in [1.82, 2.24) is 14.8 Å². The number of benzene rings is 2. The Morgan fingerprint density at radius 2 is 1.36 bits per heavy atom. The zero-order valence-corrected chi connectivity index (χ0v) is 19.6. The highest BCUT2D eigenvalue weighted by atomic mass is 32.1. The largest absolute Gasteiger partial charge is 0.342 e. The van der Waals surface area contributed by atoms with Gasteiger partial charge in [0.1, 0.15) is 9.88 Å². The van der Waals surface area contributed by atoms with Crippen LogP contribution in [-0.2, 0) is 4.79 Å². The van der Waals surface area contributed by atoms with Crippen molar-refractivity contribution in [3.63, 3.8) is 0 Å². The summed E-state index contributed by atoms with van der Waals surface area (Å²) >= 11 is 1.46. The molecule has 6 heteroatoms. The fraction of sp³-hybridized carbons (Fsp3) is 0.370. The van der Waals surface area contributed by atoms with E-state index in [4.69, 9.17) is 4.98 Å². The average molecular weight is 460 g/mol. The number of thiazole rings is 1. The molecule has 5 rings (SSSR count). The molecule has 0 N–H and O–H groups in total. The lowest BCUT2D eigenvalue weighted by Crippen LogP contribution is -2.45. The maximum absolute atomic E-state index is 13.6. The van der Waals surface area contributed by atoms with E-state index in [1.807, 2.05) is 70.5 Å². The topological polar surface area (TPSA) is 53.5 Å². The molecule has 2 fully saturated rings. The SMILES string of the molecule is O=C(c1sc(-c2ccccc2)nc1-c1ccccc1)N1CCC(C(=O)N2CCCCC2)CC1. The lowest BCUT2D eigenvalue weighted by Gasteiger charge is -2.35. The number of carbonyl (C=O) groups is 2. The molecule has 3 heterocycles. The predicted octanol–water partition coefficient (Wildman–Crippen LogP) is 5.34. The van der Waals surface area contributed by atoms with Crippen molar-refractivity contribution in [2.24, 2.45) is 5.92 Å². The highest BCUT2D eigenvalue weighted by Gasteiger charge is 2.32. The Balaban J connectivity index is 1.35. The molecule has 0 spiro atoms. The fourth-order valence-electron chi connectivity index (χ4n) is 4.81. The molecule has 2 saturated heterocycles. The van der Waals surface area contributed by atoms with Crippen LogP contribution in [0.2, 0.25) is 0 Å². The summed E-state index contributed by atoms with van der Waals surface area (Å²) in [6.07, 6.45) is 4.93. The smallest absolute Gasteiger partial charge is 0.266 e. The number of nitrogens with zero attached hydrogens (tertiary/aromatic N) is 3. The number of rotatable bonds is 4. The zero-order chi connectivity index (χ0) is 22.6. The van der Waals surface area contributed by atoms with E-state index in [-0.39, 0.29) is 17.7 Å². The van der Waals surface area contributed by atoms with E-state index >= 15 is 0 Å². The third kappa shape index (κ3) is 4.71. The predicted molar refractivity (Wildman–Crippen MR) is 132 cm³/mol. The molecule has 2 amide bonds. The summed E-state index contributed by atoms with van der Waals surface area (Å²) in [4.78, 5) is 36.0. The van der Waals surface area contributed by atoms with Crippen LogP contribution in [-0.4, -0.2) is 52.8 Å². The monoisotopic (exact) mass is 459 g/mol. The van der Waals surface area contributed by atoms with Crippen molar-refractivity contribution in [3.8, 4) is 21.8 Å². The molecule has 2 aliphatic rings. The van der Waals surface area contributed by atoms with Crippen LogP contribution in [0.5, 0.6) is 0 Å². The quantitative estimate of drug-likeness (QED) is 0.529. The molecule has 0 radical (unpaired) electrons. The van der Waals surface area contributed by atoms with Gasteiger partial charge in [0.05, 0.1) is 5.69 Å². The lowest BCUT2D eigenvalue weighted by atomic mass is 9.94. The van der Waals surface area contributed by atoms with E-state index in [1.165, 1.54) is 17.8 Å². The van der Waals surface area contributed by atoms with Crippen molar-refractivity contribution in [1.29, 1.82) is 0 Å². The van der Waals surface area contributed by atoms with Gasteiger partial charge in [0.15, 0.2) is 0 Å². The minimum Gasteiger partial charge on any atom is -0.342 e. The molecular formula is C27H29N3O2S. The van der Waals surface area contributed by atoms with Gasteiger partial charge in [-0.25, -0.2) is 4.98 Å². The molecule has 0 aliphatic carbocycles. The number of piperidine rings is 2. The number of likely N-dealkylation sites (tertiary alicyclic amines) is 2. The fourth-order valence-corrected chi connectivity index (χ4v) is 5.87. The third-order valence-corrected chi connectivity index (χ3v) is 7.78. The van der Waals surface area contributed by atoms with E-state index in [0.29, 0.717) is 18.0 Å². The van der Waals surface area contributed by atoms with Gasteiger partial charge in [-0.15, -0.1) is 11.3 Å². The Kier molecular flexibility index (Phi) is 6.53. The van der Waals surface area contributed by atoms with Gasteiger partial charge in [-0.05, 0) is 32.1 Å². The van der Waals surface area contributed by atoms with Crippen LogP contribution in [0.3, 0.4) is 0 Å². The van der Waals surface area contributed by atoms with Crippen molar-refractivity contribution < 1.29 is 9.59 Å². The molecule has 5 nitrogen and oxygen atoms in total. The molecule has 0 bridgehead atoms. The van der Waals surface area contributed by atoms with E-state index in [2.05, 4.69) is 0 Å². The van der Waals surface area contributed by atoms with E-state index in [0.717, 1.165) is 60.6 Å². The Bertz CT molecular complexity index is 1100. The van der Waals surface area contributed by atoms with Gasteiger partial charge in [0.2, 0.25) is 5.91 Å². The molecule has 1 aromatic heterocycles. The van der Waals surface area contributed by atoms with Crippen LogP contribution in [0.4, 0.5) is 0 Å². The summed E-state index contributed by atoms with van der Waals surface area (Å²) in [7, 11) is 0. The standard InChI is InChI=1S/C27H29N3O2S/c31-26(29-16-8-3-9-17-29)22-14-18-30(19-15-22)27(32)24-23(20-10-4-1-5-11-20)28-25(33-24)21-12-6-2-7-13-21/h1-2,4-7,10-13,22H,3,8-9,14-19H2. The molecule has 0 atom stereocenters. The number of aromatic nitrogens is 1. The van der Waals surface area contributed by atoms with Crippen LogP contribution < -0.4 is 0 Å². The summed E-state index contributed by atoms with van der Waals surface area (Å²) in [6, 6.07) is 19.9. The molecule has 33 heavy (non-hydrogen) atoms. The molecule has 3 aromatic rings. The summed E-state index contributed by atoms with van der Waals surface area (Å²) in [5, 5.41) is 0.855. The van der Waals surface area contributed by atoms with E-state index in [1.54, 1.807) is 0 Å². The van der Waals surface area contributed by atoms with Gasteiger partial charge in [-0.2, -0.15) is 0 Å². The van der Waals surface area contributed by atoms with Crippen LogP contribution >= 0.6 is 11.3 Å². The lowest BCUT2D eigenvalue weighted by molar-refractivity contribution is -0.137. The van der Waals surface area contributed by atoms with Crippen molar-refractivity contribution >= 4 is 23.2 Å².